The van der Waals surface area contributed by atoms with Crippen LogP contribution in [0.4, 0.5) is 10.1 Å². The number of sulfonamides is 1. The molecule has 0 aliphatic carbocycles. The average Bonchev–Trinajstić information content (AvgIpc) is 2.77. The number of carbonyl (C=O) groups excluding carboxylic acids is 2. The molecule has 0 saturated carbocycles. The van der Waals surface area contributed by atoms with E-state index in [0.717, 1.165) is 10.6 Å². The average molecular weight is 494 g/mol. The van der Waals surface area contributed by atoms with Gasteiger partial charge in [0.05, 0.1) is 19.1 Å². The number of hydrogen-bond acceptors (Lipinski definition) is 5. The molecule has 1 atom stereocenters. The highest BCUT2D eigenvalue weighted by molar-refractivity contribution is 7.92. The normalized spacial score (nSPS) is 12.2. The Balaban J connectivity index is 2.42. The largest absolute Gasteiger partial charge is 0.497 e. The monoisotopic (exact) mass is 493 g/mol. The minimum Gasteiger partial charge on any atom is -0.497 e. The van der Waals surface area contributed by atoms with Crippen molar-refractivity contribution >= 4 is 27.5 Å². The number of nitrogens with zero attached hydrogens (tertiary/aromatic N) is 2. The first-order chi connectivity index (χ1) is 16.0. The van der Waals surface area contributed by atoms with E-state index >= 15 is 0 Å². The van der Waals surface area contributed by atoms with Crippen LogP contribution in [-0.4, -0.2) is 57.1 Å². The third kappa shape index (κ3) is 7.44. The molecule has 0 aliphatic rings. The minimum atomic E-state index is -3.82. The fourth-order valence-electron chi connectivity index (χ4n) is 3.45. The highest BCUT2D eigenvalue weighted by Gasteiger charge is 2.32. The molecule has 186 valence electrons. The molecule has 0 spiro atoms. The van der Waals surface area contributed by atoms with Gasteiger partial charge in [-0.2, -0.15) is 0 Å². The number of nitrogens with one attached hydrogen (secondary N) is 1. The lowest BCUT2D eigenvalue weighted by Gasteiger charge is -2.33. The van der Waals surface area contributed by atoms with Crippen LogP contribution in [0.2, 0.25) is 0 Å². The van der Waals surface area contributed by atoms with Gasteiger partial charge in [-0.1, -0.05) is 19.1 Å². The number of methoxy groups -OCH3 is 1. The molecular weight excluding hydrogens is 461 g/mol. The summed E-state index contributed by atoms with van der Waals surface area (Å²) < 4.78 is 44.6. The number of rotatable bonds is 11. The third-order valence-corrected chi connectivity index (χ3v) is 6.26. The van der Waals surface area contributed by atoms with Crippen molar-refractivity contribution in [1.29, 1.82) is 0 Å². The van der Waals surface area contributed by atoms with Crippen molar-refractivity contribution in [3.05, 3.63) is 59.9 Å². The second kappa shape index (κ2) is 11.8. The lowest BCUT2D eigenvalue weighted by molar-refractivity contribution is -0.140. The van der Waals surface area contributed by atoms with Crippen LogP contribution in [0.3, 0.4) is 0 Å². The Labute approximate surface area is 200 Å². The summed E-state index contributed by atoms with van der Waals surface area (Å²) in [5.74, 6) is -0.786. The Bertz CT molecular complexity index is 1070. The molecule has 8 nitrogen and oxygen atoms in total. The fraction of sp³-hybridized carbons (Fsp3) is 0.417. The molecule has 1 N–H and O–H groups in total. The summed E-state index contributed by atoms with van der Waals surface area (Å²) in [5.41, 5.74) is 0.902. The van der Waals surface area contributed by atoms with E-state index in [1.54, 1.807) is 31.2 Å². The Kier molecular flexibility index (Phi) is 9.43. The number of benzene rings is 2. The number of ether oxygens (including phenoxy) is 1. The number of carbonyl (C=O) groups is 2. The van der Waals surface area contributed by atoms with Gasteiger partial charge in [0.25, 0.3) is 0 Å². The summed E-state index contributed by atoms with van der Waals surface area (Å²) in [5, 5.41) is 2.81. The summed E-state index contributed by atoms with van der Waals surface area (Å²) in [6.07, 6.45) is 1.32. The van der Waals surface area contributed by atoms with E-state index in [1.807, 2.05) is 13.8 Å². The van der Waals surface area contributed by atoms with E-state index in [2.05, 4.69) is 5.32 Å². The van der Waals surface area contributed by atoms with Crippen molar-refractivity contribution in [3.8, 4) is 5.75 Å². The minimum absolute atomic E-state index is 0.0172. The zero-order valence-electron chi connectivity index (χ0n) is 20.1. The first kappa shape index (κ1) is 27.1. The molecule has 2 aromatic carbocycles. The van der Waals surface area contributed by atoms with Gasteiger partial charge >= 0.3 is 0 Å². The SMILES string of the molecule is CCC(C(=O)NC(C)C)N(Cc1ccc(F)cc1)C(=O)CN(c1ccc(OC)cc1)S(C)(=O)=O. The van der Waals surface area contributed by atoms with Crippen LogP contribution in [0.5, 0.6) is 5.75 Å². The number of anilines is 1. The standard InChI is InChI=1S/C24H32FN3O5S/c1-6-22(24(30)26-17(2)3)27(15-18-7-9-19(25)10-8-18)23(29)16-28(34(5,31)32)20-11-13-21(33-4)14-12-20/h7-14,17,22H,6,15-16H2,1-5H3,(H,26,30). The van der Waals surface area contributed by atoms with Gasteiger partial charge in [-0.3, -0.25) is 13.9 Å². The first-order valence-electron chi connectivity index (χ1n) is 10.9. The van der Waals surface area contributed by atoms with Gasteiger partial charge in [0.15, 0.2) is 0 Å². The number of hydrogen-bond donors (Lipinski definition) is 1. The van der Waals surface area contributed by atoms with Crippen LogP contribution >= 0.6 is 0 Å². The van der Waals surface area contributed by atoms with Gasteiger partial charge < -0.3 is 15.0 Å². The van der Waals surface area contributed by atoms with E-state index in [9.17, 15) is 22.4 Å². The molecule has 1 unspecified atom stereocenters. The molecule has 0 saturated heterocycles. The Morgan fingerprint density at radius 2 is 1.65 bits per heavy atom. The maximum Gasteiger partial charge on any atom is 0.244 e. The van der Waals surface area contributed by atoms with Gasteiger partial charge in [-0.05, 0) is 62.2 Å². The summed E-state index contributed by atoms with van der Waals surface area (Å²) in [7, 11) is -2.33. The van der Waals surface area contributed by atoms with E-state index in [1.165, 1.54) is 36.3 Å². The lowest BCUT2D eigenvalue weighted by atomic mass is 10.1. The smallest absolute Gasteiger partial charge is 0.244 e. The second-order valence-corrected chi connectivity index (χ2v) is 10.1. The van der Waals surface area contributed by atoms with Crippen LogP contribution in [0, 0.1) is 5.82 Å². The number of amides is 2. The van der Waals surface area contributed by atoms with Crippen molar-refractivity contribution in [2.45, 2.75) is 45.8 Å². The molecule has 0 heterocycles. The van der Waals surface area contributed by atoms with Crippen molar-refractivity contribution in [2.24, 2.45) is 0 Å². The van der Waals surface area contributed by atoms with Gasteiger partial charge in [0.1, 0.15) is 24.2 Å². The van der Waals surface area contributed by atoms with Crippen LogP contribution in [0.15, 0.2) is 48.5 Å². The lowest BCUT2D eigenvalue weighted by Crippen LogP contribution is -2.53. The number of halogens is 1. The van der Waals surface area contributed by atoms with Crippen LogP contribution in [-0.2, 0) is 26.2 Å². The highest BCUT2D eigenvalue weighted by Crippen LogP contribution is 2.22. The third-order valence-electron chi connectivity index (χ3n) is 5.12. The van der Waals surface area contributed by atoms with Crippen molar-refractivity contribution in [3.63, 3.8) is 0 Å². The summed E-state index contributed by atoms with van der Waals surface area (Å²) in [6, 6.07) is 10.9. The van der Waals surface area contributed by atoms with Crippen molar-refractivity contribution < 1.29 is 27.1 Å². The fourth-order valence-corrected chi connectivity index (χ4v) is 4.30. The molecule has 2 aromatic rings. The van der Waals surface area contributed by atoms with Gasteiger partial charge in [-0.15, -0.1) is 0 Å². The molecule has 10 heteroatoms. The predicted molar refractivity (Wildman–Crippen MR) is 129 cm³/mol. The molecule has 0 aromatic heterocycles. The van der Waals surface area contributed by atoms with Gasteiger partial charge in [0.2, 0.25) is 21.8 Å². The molecule has 2 amide bonds. The first-order valence-corrected chi connectivity index (χ1v) is 12.8. The summed E-state index contributed by atoms with van der Waals surface area (Å²) >= 11 is 0. The van der Waals surface area contributed by atoms with Crippen molar-refractivity contribution in [1.82, 2.24) is 10.2 Å². The summed E-state index contributed by atoms with van der Waals surface area (Å²) in [4.78, 5) is 27.7. The molecule has 0 fully saturated rings. The topological polar surface area (TPSA) is 96.0 Å². The highest BCUT2D eigenvalue weighted by atomic mass is 32.2. The molecule has 0 radical (unpaired) electrons. The molecule has 0 bridgehead atoms. The van der Waals surface area contributed by atoms with E-state index in [4.69, 9.17) is 4.74 Å². The molecular formula is C24H32FN3O5S. The van der Waals surface area contributed by atoms with E-state index in [0.29, 0.717) is 17.7 Å². The molecule has 2 rings (SSSR count). The maximum atomic E-state index is 13.5. The van der Waals surface area contributed by atoms with E-state index < -0.39 is 34.3 Å². The Hall–Kier alpha value is -3.14. The van der Waals surface area contributed by atoms with Crippen LogP contribution in [0.1, 0.15) is 32.8 Å². The van der Waals surface area contributed by atoms with Crippen LogP contribution in [0.25, 0.3) is 0 Å². The molecule has 0 aliphatic heterocycles. The zero-order valence-corrected chi connectivity index (χ0v) is 20.9. The zero-order chi connectivity index (χ0) is 25.5. The van der Waals surface area contributed by atoms with Crippen molar-refractivity contribution in [2.75, 3.05) is 24.2 Å². The molecule has 34 heavy (non-hydrogen) atoms. The summed E-state index contributed by atoms with van der Waals surface area (Å²) in [6.45, 7) is 4.91. The Morgan fingerprint density at radius 3 is 2.12 bits per heavy atom. The maximum absolute atomic E-state index is 13.5. The quantitative estimate of drug-likeness (QED) is 0.519. The van der Waals surface area contributed by atoms with Gasteiger partial charge in [0, 0.05) is 12.6 Å². The second-order valence-electron chi connectivity index (χ2n) is 8.20. The Morgan fingerprint density at radius 1 is 1.06 bits per heavy atom. The predicted octanol–water partition coefficient (Wildman–Crippen LogP) is 2.93. The van der Waals surface area contributed by atoms with E-state index in [-0.39, 0.29) is 24.2 Å². The van der Waals surface area contributed by atoms with Gasteiger partial charge in [-0.25, -0.2) is 12.8 Å². The van der Waals surface area contributed by atoms with Crippen LogP contribution < -0.4 is 14.4 Å².